The lowest BCUT2D eigenvalue weighted by atomic mass is 10.0. The van der Waals surface area contributed by atoms with Crippen LogP contribution in [0.25, 0.3) is 0 Å². The van der Waals surface area contributed by atoms with E-state index in [1.54, 1.807) is 0 Å². The Morgan fingerprint density at radius 2 is 0.838 bits per heavy atom. The van der Waals surface area contributed by atoms with Crippen LogP contribution in [0.1, 0.15) is 239 Å². The molecule has 0 radical (unpaired) electrons. The molecule has 0 N–H and O–H groups in total. The third-order valence-electron chi connectivity index (χ3n) is 12.0. The fraction of sp³-hybridized carbons (Fsp3) is 0.780. The molecule has 2 unspecified atom stereocenters. The van der Waals surface area contributed by atoms with Crippen molar-refractivity contribution in [2.45, 2.75) is 251 Å². The van der Waals surface area contributed by atoms with E-state index in [4.69, 9.17) is 18.9 Å². The Balaban J connectivity index is 4.28. The summed E-state index contributed by atoms with van der Waals surface area (Å²) < 4.78 is 22.7. The normalized spacial score (nSPS) is 13.2. The number of nitrogens with zero attached hydrogens (tertiary/aromatic N) is 1. The second-order valence-electron chi connectivity index (χ2n) is 19.9. The van der Waals surface area contributed by atoms with Crippen molar-refractivity contribution in [2.24, 2.45) is 0 Å². The zero-order chi connectivity index (χ0) is 49.9. The quantitative estimate of drug-likeness (QED) is 0.0195. The van der Waals surface area contributed by atoms with E-state index in [-0.39, 0.29) is 32.2 Å². The van der Waals surface area contributed by atoms with Gasteiger partial charge in [0.05, 0.1) is 40.3 Å². The minimum Gasteiger partial charge on any atom is -0.545 e. The highest BCUT2D eigenvalue weighted by atomic mass is 16.7. The van der Waals surface area contributed by atoms with Crippen LogP contribution in [0.5, 0.6) is 0 Å². The average molecular weight is 956 g/mol. The van der Waals surface area contributed by atoms with E-state index in [0.717, 1.165) is 77.0 Å². The molecule has 0 aromatic heterocycles. The zero-order valence-corrected chi connectivity index (χ0v) is 44.7. The predicted octanol–water partition coefficient (Wildman–Crippen LogP) is 14.7. The van der Waals surface area contributed by atoms with E-state index in [9.17, 15) is 19.5 Å². The molecule has 0 saturated carbocycles. The summed E-state index contributed by atoms with van der Waals surface area (Å²) in [5.41, 5.74) is 0. The molecule has 394 valence electrons. The number of esters is 2. The summed E-state index contributed by atoms with van der Waals surface area (Å²) in [6, 6.07) is 0. The van der Waals surface area contributed by atoms with Crippen LogP contribution in [0.2, 0.25) is 0 Å². The van der Waals surface area contributed by atoms with Crippen LogP contribution in [0.15, 0.2) is 60.8 Å². The number of carbonyl (C=O) groups is 3. The number of carboxylic acids is 1. The molecule has 0 heterocycles. The van der Waals surface area contributed by atoms with Gasteiger partial charge in [-0.2, -0.15) is 0 Å². The van der Waals surface area contributed by atoms with Gasteiger partial charge < -0.3 is 33.3 Å². The summed E-state index contributed by atoms with van der Waals surface area (Å²) in [5.74, 6) is -2.28. The van der Waals surface area contributed by atoms with Gasteiger partial charge in [0, 0.05) is 12.8 Å². The van der Waals surface area contributed by atoms with Crippen LogP contribution in [-0.2, 0) is 33.3 Å². The third-order valence-corrected chi connectivity index (χ3v) is 12.0. The highest BCUT2D eigenvalue weighted by Crippen LogP contribution is 2.16. The Morgan fingerprint density at radius 1 is 0.456 bits per heavy atom. The van der Waals surface area contributed by atoms with E-state index in [1.807, 2.05) is 21.1 Å². The molecule has 0 rings (SSSR count). The Hall–Kier alpha value is -3.01. The fourth-order valence-electron chi connectivity index (χ4n) is 7.74. The molecular formula is C59H105NO8. The van der Waals surface area contributed by atoms with Crippen LogP contribution in [-0.4, -0.2) is 82.3 Å². The molecule has 0 amide bonds. The molecule has 0 aromatic rings. The number of rotatable bonds is 51. The van der Waals surface area contributed by atoms with E-state index in [0.29, 0.717) is 23.9 Å². The maximum absolute atomic E-state index is 12.8. The van der Waals surface area contributed by atoms with Crippen molar-refractivity contribution < 1.29 is 42.9 Å². The molecular weight excluding hydrogens is 851 g/mol. The summed E-state index contributed by atoms with van der Waals surface area (Å²) in [6.07, 6.45) is 59.7. The number of carboxylic acid groups (broad SMARTS) is 1. The molecule has 0 bridgehead atoms. The maximum Gasteiger partial charge on any atom is 0.306 e. The molecule has 0 fully saturated rings. The summed E-state index contributed by atoms with van der Waals surface area (Å²) >= 11 is 0. The van der Waals surface area contributed by atoms with Crippen LogP contribution in [0.3, 0.4) is 0 Å². The number of unbranched alkanes of at least 4 members (excludes halogenated alkanes) is 26. The van der Waals surface area contributed by atoms with Gasteiger partial charge in [0.2, 0.25) is 0 Å². The Morgan fingerprint density at radius 3 is 1.25 bits per heavy atom. The summed E-state index contributed by atoms with van der Waals surface area (Å²) in [4.78, 5) is 37.2. The molecule has 0 aliphatic carbocycles. The van der Waals surface area contributed by atoms with Crippen molar-refractivity contribution in [3.05, 3.63) is 60.8 Å². The lowest BCUT2D eigenvalue weighted by Crippen LogP contribution is -2.44. The topological polar surface area (TPSA) is 111 Å². The first-order valence-electron chi connectivity index (χ1n) is 27.9. The SMILES string of the molecule is CC/C=C\C/C=C\C/C=C\C/C=C\C/C=C\CCCCCCCCCCCC(=O)OC(COC(=O)CCCCCCCCCCCCCCCCCCCC)COC(OCC[N+](C)(C)C)C(=O)[O-]. The van der Waals surface area contributed by atoms with Crippen molar-refractivity contribution >= 4 is 17.9 Å². The molecule has 0 aromatic carbocycles. The summed E-state index contributed by atoms with van der Waals surface area (Å²) in [7, 11) is 5.92. The van der Waals surface area contributed by atoms with Gasteiger partial charge in [-0.15, -0.1) is 0 Å². The van der Waals surface area contributed by atoms with Gasteiger partial charge in [0.1, 0.15) is 13.2 Å². The van der Waals surface area contributed by atoms with Gasteiger partial charge in [0.15, 0.2) is 12.4 Å². The van der Waals surface area contributed by atoms with Crippen molar-refractivity contribution in [2.75, 3.05) is 47.5 Å². The number of allylic oxidation sites excluding steroid dienone is 10. The molecule has 9 heteroatoms. The van der Waals surface area contributed by atoms with Gasteiger partial charge in [-0.25, -0.2) is 0 Å². The minimum atomic E-state index is -1.62. The Kier molecular flexibility index (Phi) is 48.2. The molecule has 9 nitrogen and oxygen atoms in total. The van der Waals surface area contributed by atoms with Crippen molar-refractivity contribution in [3.8, 4) is 0 Å². The Labute approximate surface area is 418 Å². The molecule has 0 saturated heterocycles. The average Bonchev–Trinajstić information content (AvgIpc) is 3.30. The number of hydrogen-bond donors (Lipinski definition) is 0. The zero-order valence-electron chi connectivity index (χ0n) is 44.7. The maximum atomic E-state index is 12.8. The standard InChI is InChI=1S/C59H105NO8/c1-6-8-10-12-14-16-18-20-22-24-26-27-28-29-30-31-32-34-36-38-40-42-44-46-48-50-57(62)68-55(54-67-59(58(63)64)65-52-51-60(3,4)5)53-66-56(61)49-47-45-43-41-39-37-35-33-25-23-21-19-17-15-13-11-9-7-2/h8,10,14,16,20,22,26-27,29-30,55,59H,6-7,9,11-13,15,17-19,21,23-25,28,31-54H2,1-5H3/b10-8-,16-14-,22-20-,27-26-,30-29-. The van der Waals surface area contributed by atoms with Gasteiger partial charge in [0.25, 0.3) is 0 Å². The van der Waals surface area contributed by atoms with Gasteiger partial charge in [-0.05, 0) is 57.8 Å². The molecule has 2 atom stereocenters. The number of hydrogen-bond acceptors (Lipinski definition) is 8. The molecule has 68 heavy (non-hydrogen) atoms. The van der Waals surface area contributed by atoms with Crippen molar-refractivity contribution in [3.63, 3.8) is 0 Å². The fourth-order valence-corrected chi connectivity index (χ4v) is 7.74. The van der Waals surface area contributed by atoms with Crippen molar-refractivity contribution in [1.82, 2.24) is 0 Å². The first-order chi connectivity index (χ1) is 33.1. The van der Waals surface area contributed by atoms with E-state index in [1.165, 1.54) is 128 Å². The van der Waals surface area contributed by atoms with Gasteiger partial charge >= 0.3 is 11.9 Å². The van der Waals surface area contributed by atoms with Gasteiger partial charge in [-0.3, -0.25) is 9.59 Å². The predicted molar refractivity (Wildman–Crippen MR) is 283 cm³/mol. The highest BCUT2D eigenvalue weighted by Gasteiger charge is 2.22. The first-order valence-corrected chi connectivity index (χ1v) is 27.9. The molecule has 0 aliphatic heterocycles. The van der Waals surface area contributed by atoms with Crippen LogP contribution in [0, 0.1) is 0 Å². The molecule has 0 aliphatic rings. The van der Waals surface area contributed by atoms with Crippen LogP contribution < -0.4 is 5.11 Å². The summed E-state index contributed by atoms with van der Waals surface area (Å²) in [5, 5.41) is 11.8. The van der Waals surface area contributed by atoms with E-state index < -0.39 is 24.3 Å². The number of ether oxygens (including phenoxy) is 4. The van der Waals surface area contributed by atoms with Gasteiger partial charge in [-0.1, -0.05) is 229 Å². The smallest absolute Gasteiger partial charge is 0.306 e. The first kappa shape index (κ1) is 65.0. The van der Waals surface area contributed by atoms with Crippen molar-refractivity contribution in [1.29, 1.82) is 0 Å². The highest BCUT2D eigenvalue weighted by molar-refractivity contribution is 5.70. The number of likely N-dealkylation sites (N-methyl/N-ethyl adjacent to an activating group) is 1. The summed E-state index contributed by atoms with van der Waals surface area (Å²) in [6.45, 7) is 4.65. The minimum absolute atomic E-state index is 0.146. The largest absolute Gasteiger partial charge is 0.545 e. The third kappa shape index (κ3) is 50.9. The second kappa shape index (κ2) is 50.4. The van der Waals surface area contributed by atoms with E-state index in [2.05, 4.69) is 74.6 Å². The number of quaternary nitrogens is 1. The monoisotopic (exact) mass is 956 g/mol. The lowest BCUT2D eigenvalue weighted by Gasteiger charge is -2.26. The van der Waals surface area contributed by atoms with Crippen LogP contribution in [0.4, 0.5) is 0 Å². The number of aliphatic carboxylic acids is 1. The van der Waals surface area contributed by atoms with Crippen LogP contribution >= 0.6 is 0 Å². The molecule has 0 spiro atoms. The Bertz CT molecular complexity index is 1300. The van der Waals surface area contributed by atoms with E-state index >= 15 is 0 Å². The number of carbonyl (C=O) groups excluding carboxylic acids is 3. The second-order valence-corrected chi connectivity index (χ2v) is 19.9. The lowest BCUT2D eigenvalue weighted by molar-refractivity contribution is -0.870.